The smallest absolute Gasteiger partial charge is 0.101 e. The zero-order chi connectivity index (χ0) is 13.7. The minimum Gasteiger partial charge on any atom is -0.380 e. The van der Waals surface area contributed by atoms with Gasteiger partial charge in [-0.2, -0.15) is 5.26 Å². The first-order chi connectivity index (χ1) is 9.22. The summed E-state index contributed by atoms with van der Waals surface area (Å²) in [6, 6.07) is 15.7. The maximum atomic E-state index is 9.13. The molecule has 0 saturated heterocycles. The van der Waals surface area contributed by atoms with Gasteiger partial charge in [0, 0.05) is 17.3 Å². The molecule has 0 heterocycles. The molecule has 0 fully saturated rings. The highest BCUT2D eigenvalue weighted by Gasteiger charge is 2.03. The molecule has 2 aromatic rings. The molecule has 3 nitrogen and oxygen atoms in total. The molecule has 0 atom stereocenters. The van der Waals surface area contributed by atoms with Crippen molar-refractivity contribution in [3.8, 4) is 6.07 Å². The lowest BCUT2D eigenvalue weighted by Gasteiger charge is -2.10. The summed E-state index contributed by atoms with van der Waals surface area (Å²) in [5, 5.41) is 12.4. The number of halogens is 1. The van der Waals surface area contributed by atoms with E-state index in [2.05, 4.69) is 27.3 Å². The van der Waals surface area contributed by atoms with Gasteiger partial charge in [0.2, 0.25) is 0 Å². The van der Waals surface area contributed by atoms with Crippen molar-refractivity contribution in [3.63, 3.8) is 0 Å². The molecule has 0 radical (unpaired) electrons. The summed E-state index contributed by atoms with van der Waals surface area (Å²) in [6.07, 6.45) is 0. The highest BCUT2D eigenvalue weighted by molar-refractivity contribution is 9.10. The Bertz CT molecular complexity index is 620. The van der Waals surface area contributed by atoms with Gasteiger partial charge in [-0.15, -0.1) is 0 Å². The number of anilines is 2. The molecule has 0 aromatic heterocycles. The molecule has 0 saturated carbocycles. The summed E-state index contributed by atoms with van der Waals surface area (Å²) < 4.78 is 6.00. The molecule has 4 heteroatoms. The van der Waals surface area contributed by atoms with Crippen LogP contribution in [-0.4, -0.2) is 7.11 Å². The highest BCUT2D eigenvalue weighted by Crippen LogP contribution is 2.24. The van der Waals surface area contributed by atoms with Crippen molar-refractivity contribution in [1.29, 1.82) is 5.26 Å². The van der Waals surface area contributed by atoms with E-state index in [1.54, 1.807) is 13.2 Å². The Morgan fingerprint density at radius 1 is 1.26 bits per heavy atom. The van der Waals surface area contributed by atoms with Crippen molar-refractivity contribution >= 4 is 27.3 Å². The van der Waals surface area contributed by atoms with Gasteiger partial charge >= 0.3 is 0 Å². The van der Waals surface area contributed by atoms with Crippen LogP contribution >= 0.6 is 15.9 Å². The van der Waals surface area contributed by atoms with Crippen LogP contribution in [0.5, 0.6) is 0 Å². The molecule has 0 aliphatic rings. The second-order valence-electron chi connectivity index (χ2n) is 4.06. The number of methoxy groups -OCH3 is 1. The molecular formula is C15H13BrN2O. The first-order valence-electron chi connectivity index (χ1n) is 5.77. The van der Waals surface area contributed by atoms with E-state index in [1.807, 2.05) is 36.4 Å². The second kappa shape index (κ2) is 6.37. The average Bonchev–Trinajstić information content (AvgIpc) is 2.41. The van der Waals surface area contributed by atoms with Crippen molar-refractivity contribution in [2.45, 2.75) is 6.61 Å². The van der Waals surface area contributed by atoms with E-state index >= 15 is 0 Å². The summed E-state index contributed by atoms with van der Waals surface area (Å²) in [7, 11) is 1.67. The van der Waals surface area contributed by atoms with E-state index < -0.39 is 0 Å². The molecule has 0 amide bonds. The van der Waals surface area contributed by atoms with Crippen molar-refractivity contribution in [2.24, 2.45) is 0 Å². The normalized spacial score (nSPS) is 9.95. The highest BCUT2D eigenvalue weighted by atomic mass is 79.9. The summed E-state index contributed by atoms with van der Waals surface area (Å²) in [5.74, 6) is 0. The maximum Gasteiger partial charge on any atom is 0.101 e. The van der Waals surface area contributed by atoms with E-state index in [4.69, 9.17) is 10.00 Å². The van der Waals surface area contributed by atoms with Gasteiger partial charge < -0.3 is 10.1 Å². The summed E-state index contributed by atoms with van der Waals surface area (Å²) in [6.45, 7) is 0.570. The number of hydrogen-bond donors (Lipinski definition) is 1. The topological polar surface area (TPSA) is 45.0 Å². The Labute approximate surface area is 121 Å². The molecule has 0 unspecified atom stereocenters. The number of benzene rings is 2. The lowest BCUT2D eigenvalue weighted by atomic mass is 10.1. The van der Waals surface area contributed by atoms with E-state index in [0.29, 0.717) is 12.2 Å². The van der Waals surface area contributed by atoms with Crippen LogP contribution in [0.15, 0.2) is 46.9 Å². The van der Waals surface area contributed by atoms with E-state index in [1.165, 1.54) is 0 Å². The molecule has 0 spiro atoms. The fraction of sp³-hybridized carbons (Fsp3) is 0.133. The zero-order valence-electron chi connectivity index (χ0n) is 10.5. The summed E-state index contributed by atoms with van der Waals surface area (Å²) in [4.78, 5) is 0. The molecule has 0 aliphatic heterocycles. The lowest BCUT2D eigenvalue weighted by Crippen LogP contribution is -1.95. The summed E-state index contributed by atoms with van der Waals surface area (Å²) in [5.41, 5.74) is 3.42. The van der Waals surface area contributed by atoms with Gasteiger partial charge in [0.25, 0.3) is 0 Å². The molecule has 96 valence electrons. The number of nitrogens with one attached hydrogen (secondary N) is 1. The first-order valence-corrected chi connectivity index (χ1v) is 6.57. The van der Waals surface area contributed by atoms with Crippen LogP contribution in [0.3, 0.4) is 0 Å². The van der Waals surface area contributed by atoms with Gasteiger partial charge in [-0.05, 0) is 35.9 Å². The fourth-order valence-corrected chi connectivity index (χ4v) is 2.14. The fourth-order valence-electron chi connectivity index (χ4n) is 1.78. The molecular weight excluding hydrogens is 304 g/mol. The Morgan fingerprint density at radius 3 is 2.84 bits per heavy atom. The number of nitrogens with zero attached hydrogens (tertiary/aromatic N) is 1. The van der Waals surface area contributed by atoms with Crippen LogP contribution in [0.1, 0.15) is 11.1 Å². The van der Waals surface area contributed by atoms with Crippen molar-refractivity contribution in [2.75, 3.05) is 12.4 Å². The average molecular weight is 317 g/mol. The molecule has 19 heavy (non-hydrogen) atoms. The van der Waals surface area contributed by atoms with Crippen LogP contribution in [0.4, 0.5) is 11.4 Å². The van der Waals surface area contributed by atoms with Crippen LogP contribution in [0.25, 0.3) is 0 Å². The zero-order valence-corrected chi connectivity index (χ0v) is 12.1. The number of rotatable bonds is 4. The third-order valence-electron chi connectivity index (χ3n) is 2.62. The predicted molar refractivity (Wildman–Crippen MR) is 79.3 cm³/mol. The van der Waals surface area contributed by atoms with Crippen molar-refractivity contribution in [1.82, 2.24) is 0 Å². The van der Waals surface area contributed by atoms with Crippen LogP contribution in [0, 0.1) is 11.3 Å². The Morgan fingerprint density at radius 2 is 2.11 bits per heavy atom. The van der Waals surface area contributed by atoms with Gasteiger partial charge in [-0.1, -0.05) is 28.1 Å². The molecule has 0 aliphatic carbocycles. The number of nitriles is 1. The second-order valence-corrected chi connectivity index (χ2v) is 4.98. The standard InChI is InChI=1S/C15H13BrN2O/c1-19-10-11-3-2-4-14(7-11)18-15-6-5-13(16)8-12(15)9-17/h2-8,18H,10H2,1H3. The SMILES string of the molecule is COCc1cccc(Nc2ccc(Br)cc2C#N)c1. The summed E-state index contributed by atoms with van der Waals surface area (Å²) >= 11 is 3.36. The molecule has 1 N–H and O–H groups in total. The van der Waals surface area contributed by atoms with Gasteiger partial charge in [0.1, 0.15) is 6.07 Å². The Balaban J connectivity index is 2.26. The minimum atomic E-state index is 0.570. The third kappa shape index (κ3) is 3.57. The first kappa shape index (κ1) is 13.6. The van der Waals surface area contributed by atoms with E-state index in [9.17, 15) is 0 Å². The number of ether oxygens (including phenoxy) is 1. The van der Waals surface area contributed by atoms with E-state index in [-0.39, 0.29) is 0 Å². The quantitative estimate of drug-likeness (QED) is 0.919. The third-order valence-corrected chi connectivity index (χ3v) is 3.11. The molecule has 2 aromatic carbocycles. The molecule has 2 rings (SSSR count). The maximum absolute atomic E-state index is 9.13. The van der Waals surface area contributed by atoms with Crippen molar-refractivity contribution in [3.05, 3.63) is 58.1 Å². The molecule has 0 bridgehead atoms. The van der Waals surface area contributed by atoms with Crippen LogP contribution in [0.2, 0.25) is 0 Å². The van der Waals surface area contributed by atoms with Crippen molar-refractivity contribution < 1.29 is 4.74 Å². The van der Waals surface area contributed by atoms with Gasteiger partial charge in [0.05, 0.1) is 17.9 Å². The number of hydrogen-bond acceptors (Lipinski definition) is 3. The van der Waals surface area contributed by atoms with Crippen LogP contribution in [-0.2, 0) is 11.3 Å². The van der Waals surface area contributed by atoms with Crippen LogP contribution < -0.4 is 5.32 Å². The van der Waals surface area contributed by atoms with Gasteiger partial charge in [-0.3, -0.25) is 0 Å². The predicted octanol–water partition coefficient (Wildman–Crippen LogP) is 4.21. The van der Waals surface area contributed by atoms with E-state index in [0.717, 1.165) is 21.4 Å². The monoisotopic (exact) mass is 316 g/mol. The lowest BCUT2D eigenvalue weighted by molar-refractivity contribution is 0.185. The Hall–Kier alpha value is -1.83. The van der Waals surface area contributed by atoms with Gasteiger partial charge in [0.15, 0.2) is 0 Å². The Kier molecular flexibility index (Phi) is 4.56. The largest absolute Gasteiger partial charge is 0.380 e. The van der Waals surface area contributed by atoms with Gasteiger partial charge in [-0.25, -0.2) is 0 Å². The minimum absolute atomic E-state index is 0.570.